The zero-order valence-electron chi connectivity index (χ0n) is 8.14. The smallest absolute Gasteiger partial charge is 0.224 e. The van der Waals surface area contributed by atoms with E-state index >= 15 is 0 Å². The molecule has 0 bridgehead atoms. The van der Waals surface area contributed by atoms with E-state index in [0.717, 1.165) is 0 Å². The van der Waals surface area contributed by atoms with Gasteiger partial charge < -0.3 is 15.6 Å². The lowest BCUT2D eigenvalue weighted by Gasteiger charge is -2.00. The molecular weight excluding hydrogens is 196 g/mol. The normalized spacial score (nSPS) is 10.2. The summed E-state index contributed by atoms with van der Waals surface area (Å²) in [6.07, 6.45) is 1.58. The molecule has 3 N–H and O–H groups in total. The molecule has 7 nitrogen and oxygen atoms in total. The van der Waals surface area contributed by atoms with Gasteiger partial charge in [0.15, 0.2) is 5.82 Å². The highest BCUT2D eigenvalue weighted by atomic mass is 16.5. The van der Waals surface area contributed by atoms with Crippen LogP contribution in [0.2, 0.25) is 0 Å². The second-order valence-corrected chi connectivity index (χ2v) is 2.89. The fourth-order valence-electron chi connectivity index (χ4n) is 1.03. The number of rotatable bonds is 3. The highest BCUT2D eigenvalue weighted by Crippen LogP contribution is 2.03. The summed E-state index contributed by atoms with van der Waals surface area (Å²) in [6, 6.07) is 1.61. The van der Waals surface area contributed by atoms with E-state index in [9.17, 15) is 0 Å². The maximum Gasteiger partial charge on any atom is 0.224 e. The summed E-state index contributed by atoms with van der Waals surface area (Å²) in [5, 5.41) is 6.65. The molecule has 0 unspecified atom stereocenters. The number of hydrogen-bond acceptors (Lipinski definition) is 7. The molecule has 0 aliphatic heterocycles. The summed E-state index contributed by atoms with van der Waals surface area (Å²) in [5.41, 5.74) is 5.49. The van der Waals surface area contributed by atoms with Crippen LogP contribution in [0.4, 0.5) is 11.8 Å². The number of nitrogens with zero attached hydrogens (tertiary/aromatic N) is 4. The molecule has 0 saturated carbocycles. The van der Waals surface area contributed by atoms with Crippen LogP contribution in [-0.2, 0) is 6.54 Å². The van der Waals surface area contributed by atoms with Crippen molar-refractivity contribution in [3.63, 3.8) is 0 Å². The maximum absolute atomic E-state index is 5.49. The van der Waals surface area contributed by atoms with Gasteiger partial charge in [0.25, 0.3) is 0 Å². The fraction of sp³-hybridized carbons (Fsp3) is 0.250. The third kappa shape index (κ3) is 2.39. The van der Waals surface area contributed by atoms with Crippen molar-refractivity contribution in [1.29, 1.82) is 0 Å². The molecule has 2 heterocycles. The number of hydrogen-bond donors (Lipinski definition) is 2. The Bertz CT molecular complexity index is 454. The third-order valence-electron chi connectivity index (χ3n) is 1.65. The van der Waals surface area contributed by atoms with Crippen LogP contribution < -0.4 is 11.1 Å². The van der Waals surface area contributed by atoms with E-state index in [1.807, 2.05) is 0 Å². The van der Waals surface area contributed by atoms with E-state index < -0.39 is 0 Å². The number of nitrogen functional groups attached to an aromatic ring is 1. The first-order valence-electron chi connectivity index (χ1n) is 4.35. The molecule has 0 spiro atoms. The monoisotopic (exact) mass is 206 g/mol. The number of nitrogens with one attached hydrogen (secondary N) is 1. The van der Waals surface area contributed by atoms with E-state index in [4.69, 9.17) is 10.3 Å². The van der Waals surface area contributed by atoms with Crippen molar-refractivity contribution < 1.29 is 4.52 Å². The lowest BCUT2D eigenvalue weighted by Crippen LogP contribution is -2.05. The Morgan fingerprint density at radius 3 is 3.00 bits per heavy atom. The van der Waals surface area contributed by atoms with Crippen LogP contribution in [0.1, 0.15) is 11.7 Å². The summed E-state index contributed by atoms with van der Waals surface area (Å²) < 4.78 is 4.81. The van der Waals surface area contributed by atoms with Gasteiger partial charge in [-0.15, -0.1) is 0 Å². The highest BCUT2D eigenvalue weighted by molar-refractivity contribution is 5.34. The van der Waals surface area contributed by atoms with Crippen LogP contribution in [0.15, 0.2) is 16.8 Å². The molecule has 0 amide bonds. The van der Waals surface area contributed by atoms with Crippen molar-refractivity contribution in [2.24, 2.45) is 0 Å². The molecule has 2 aromatic heterocycles. The zero-order chi connectivity index (χ0) is 10.7. The van der Waals surface area contributed by atoms with Crippen molar-refractivity contribution in [1.82, 2.24) is 20.1 Å². The summed E-state index contributed by atoms with van der Waals surface area (Å²) in [6.45, 7) is 2.13. The van der Waals surface area contributed by atoms with Gasteiger partial charge >= 0.3 is 0 Å². The maximum atomic E-state index is 5.49. The van der Waals surface area contributed by atoms with Gasteiger partial charge in [0.2, 0.25) is 11.8 Å². The molecule has 0 atom stereocenters. The van der Waals surface area contributed by atoms with Gasteiger partial charge in [0, 0.05) is 13.1 Å². The second kappa shape index (κ2) is 3.91. The molecule has 0 saturated heterocycles. The summed E-state index contributed by atoms with van der Waals surface area (Å²) in [7, 11) is 0. The Kier molecular flexibility index (Phi) is 2.44. The topological polar surface area (TPSA) is 103 Å². The van der Waals surface area contributed by atoms with Crippen LogP contribution in [0, 0.1) is 6.92 Å². The van der Waals surface area contributed by atoms with Crippen LogP contribution >= 0.6 is 0 Å². The SMILES string of the molecule is Cc1nc(CNc2nccc(N)n2)no1. The van der Waals surface area contributed by atoms with E-state index in [-0.39, 0.29) is 0 Å². The Balaban J connectivity index is 1.99. The van der Waals surface area contributed by atoms with Crippen LogP contribution in [0.5, 0.6) is 0 Å². The van der Waals surface area contributed by atoms with Crippen molar-refractivity contribution in [3.05, 3.63) is 24.0 Å². The molecular formula is C8H10N6O. The largest absolute Gasteiger partial charge is 0.384 e. The average Bonchev–Trinajstić information content (AvgIpc) is 2.62. The van der Waals surface area contributed by atoms with Gasteiger partial charge in [-0.1, -0.05) is 5.16 Å². The Hall–Kier alpha value is -2.18. The molecule has 0 radical (unpaired) electrons. The molecule has 0 aliphatic rings. The molecule has 2 aromatic rings. The zero-order valence-corrected chi connectivity index (χ0v) is 8.14. The van der Waals surface area contributed by atoms with Crippen LogP contribution in [0.3, 0.4) is 0 Å². The van der Waals surface area contributed by atoms with Gasteiger partial charge in [-0.2, -0.15) is 9.97 Å². The third-order valence-corrected chi connectivity index (χ3v) is 1.65. The minimum Gasteiger partial charge on any atom is -0.384 e. The van der Waals surface area contributed by atoms with Crippen LogP contribution in [0.25, 0.3) is 0 Å². The van der Waals surface area contributed by atoms with E-state index in [2.05, 4.69) is 25.4 Å². The average molecular weight is 206 g/mol. The highest BCUT2D eigenvalue weighted by Gasteiger charge is 2.02. The van der Waals surface area contributed by atoms with E-state index in [1.54, 1.807) is 19.2 Å². The van der Waals surface area contributed by atoms with Crippen molar-refractivity contribution >= 4 is 11.8 Å². The predicted octanol–water partition coefficient (Wildman–Crippen LogP) is 0.362. The second-order valence-electron chi connectivity index (χ2n) is 2.89. The van der Waals surface area contributed by atoms with E-state index in [1.165, 1.54) is 0 Å². The molecule has 78 valence electrons. The van der Waals surface area contributed by atoms with Gasteiger partial charge in [-0.25, -0.2) is 4.98 Å². The lowest BCUT2D eigenvalue weighted by molar-refractivity contribution is 0.388. The van der Waals surface area contributed by atoms with Gasteiger partial charge in [0.05, 0.1) is 6.54 Å². The van der Waals surface area contributed by atoms with Crippen molar-refractivity contribution in [2.45, 2.75) is 13.5 Å². The molecule has 2 rings (SSSR count). The number of anilines is 2. The minimum absolute atomic E-state index is 0.404. The van der Waals surface area contributed by atoms with Crippen LogP contribution in [-0.4, -0.2) is 20.1 Å². The fourth-order valence-corrected chi connectivity index (χ4v) is 1.03. The Labute approximate surface area is 85.7 Å². The lowest BCUT2D eigenvalue weighted by atomic mass is 10.5. The Morgan fingerprint density at radius 1 is 1.47 bits per heavy atom. The molecule has 0 aliphatic carbocycles. The molecule has 7 heteroatoms. The first-order chi connectivity index (χ1) is 7.24. The minimum atomic E-state index is 0.404. The standard InChI is InChI=1S/C8H10N6O/c1-5-12-7(14-15-5)4-11-8-10-3-2-6(9)13-8/h2-3H,4H2,1H3,(H3,9,10,11,13). The number of aromatic nitrogens is 4. The molecule has 0 aromatic carbocycles. The van der Waals surface area contributed by atoms with Crippen molar-refractivity contribution in [2.75, 3.05) is 11.1 Å². The van der Waals surface area contributed by atoms with Gasteiger partial charge in [-0.05, 0) is 6.07 Å². The summed E-state index contributed by atoms with van der Waals surface area (Å²) in [5.74, 6) is 1.94. The molecule has 0 fully saturated rings. The quantitative estimate of drug-likeness (QED) is 0.747. The van der Waals surface area contributed by atoms with Gasteiger partial charge in [-0.3, -0.25) is 0 Å². The first kappa shape index (κ1) is 9.38. The number of nitrogens with two attached hydrogens (primary N) is 1. The number of aryl methyl sites for hydroxylation is 1. The summed E-state index contributed by atoms with van der Waals surface area (Å²) in [4.78, 5) is 12.0. The van der Waals surface area contributed by atoms with Gasteiger partial charge in [0.1, 0.15) is 5.82 Å². The first-order valence-corrected chi connectivity index (χ1v) is 4.35. The van der Waals surface area contributed by atoms with Crippen molar-refractivity contribution in [3.8, 4) is 0 Å². The predicted molar refractivity (Wildman–Crippen MR) is 52.8 cm³/mol. The summed E-state index contributed by atoms with van der Waals surface area (Å²) >= 11 is 0. The van der Waals surface area contributed by atoms with E-state index in [0.29, 0.717) is 30.0 Å². The Morgan fingerprint density at radius 2 is 2.33 bits per heavy atom. The molecule has 15 heavy (non-hydrogen) atoms.